The van der Waals surface area contributed by atoms with Gasteiger partial charge < -0.3 is 0 Å². The topological polar surface area (TPSA) is 30.2 Å². The molecule has 3 aromatic heterocycles. The van der Waals surface area contributed by atoms with Crippen molar-refractivity contribution in [2.45, 2.75) is 0 Å². The third-order valence-corrected chi connectivity index (χ3v) is 3.34. The molecule has 0 aliphatic carbocycles. The van der Waals surface area contributed by atoms with Gasteiger partial charge in [-0.05, 0) is 18.2 Å². The number of pyridine rings is 2. The van der Waals surface area contributed by atoms with Crippen molar-refractivity contribution in [3.63, 3.8) is 0 Å². The minimum atomic E-state index is 0.949. The van der Waals surface area contributed by atoms with Gasteiger partial charge in [0.15, 0.2) is 0 Å². The molecule has 4 rings (SSSR count). The summed E-state index contributed by atoms with van der Waals surface area (Å²) < 4.78 is 2.09. The highest BCUT2D eigenvalue weighted by Crippen LogP contribution is 2.27. The minimum absolute atomic E-state index is 0.949. The number of nitrogens with zero attached hydrogens (tertiary/aromatic N) is 3. The van der Waals surface area contributed by atoms with Crippen molar-refractivity contribution in [3.8, 4) is 11.3 Å². The zero-order valence-corrected chi connectivity index (χ0v) is 10.2. The summed E-state index contributed by atoms with van der Waals surface area (Å²) in [6.45, 7) is 0. The zero-order chi connectivity index (χ0) is 12.7. The largest absolute Gasteiger partial charge is 0.300 e. The molecule has 3 nitrogen and oxygen atoms in total. The third kappa shape index (κ3) is 1.52. The molecule has 3 heterocycles. The highest BCUT2D eigenvalue weighted by atomic mass is 15.0. The summed E-state index contributed by atoms with van der Waals surface area (Å²) in [4.78, 5) is 8.84. The monoisotopic (exact) mass is 245 g/mol. The van der Waals surface area contributed by atoms with E-state index in [4.69, 9.17) is 0 Å². The van der Waals surface area contributed by atoms with E-state index in [2.05, 4.69) is 44.7 Å². The highest BCUT2D eigenvalue weighted by molar-refractivity contribution is 5.92. The van der Waals surface area contributed by atoms with Gasteiger partial charge in [-0.1, -0.05) is 30.3 Å². The first-order valence-electron chi connectivity index (χ1n) is 6.20. The molecule has 90 valence electrons. The molecule has 0 amide bonds. The van der Waals surface area contributed by atoms with Crippen LogP contribution in [0, 0.1) is 0 Å². The van der Waals surface area contributed by atoms with Crippen LogP contribution in [0.2, 0.25) is 0 Å². The molecule has 0 N–H and O–H groups in total. The molecule has 0 radical (unpaired) electrons. The molecule has 0 bridgehead atoms. The van der Waals surface area contributed by atoms with Crippen LogP contribution >= 0.6 is 0 Å². The van der Waals surface area contributed by atoms with E-state index in [1.807, 2.05) is 36.8 Å². The average molecular weight is 245 g/mol. The fourth-order valence-corrected chi connectivity index (χ4v) is 2.48. The van der Waals surface area contributed by atoms with Gasteiger partial charge in [-0.15, -0.1) is 0 Å². The van der Waals surface area contributed by atoms with Gasteiger partial charge in [0.2, 0.25) is 0 Å². The van der Waals surface area contributed by atoms with Crippen LogP contribution in [0.25, 0.3) is 27.8 Å². The van der Waals surface area contributed by atoms with Crippen molar-refractivity contribution in [1.82, 2.24) is 14.4 Å². The smallest absolute Gasteiger partial charge is 0.137 e. The number of hydrogen-bond donors (Lipinski definition) is 0. The van der Waals surface area contributed by atoms with Crippen LogP contribution in [-0.4, -0.2) is 14.4 Å². The van der Waals surface area contributed by atoms with Crippen LogP contribution in [0.4, 0.5) is 0 Å². The highest BCUT2D eigenvalue weighted by Gasteiger charge is 2.07. The van der Waals surface area contributed by atoms with Crippen molar-refractivity contribution in [3.05, 3.63) is 67.1 Å². The number of rotatable bonds is 1. The zero-order valence-electron chi connectivity index (χ0n) is 10.2. The maximum Gasteiger partial charge on any atom is 0.137 e. The molecule has 0 aliphatic heterocycles. The number of hydrogen-bond acceptors (Lipinski definition) is 2. The van der Waals surface area contributed by atoms with Gasteiger partial charge in [-0.2, -0.15) is 0 Å². The Morgan fingerprint density at radius 3 is 2.68 bits per heavy atom. The van der Waals surface area contributed by atoms with Crippen molar-refractivity contribution < 1.29 is 0 Å². The first-order valence-corrected chi connectivity index (χ1v) is 6.20. The molecule has 0 fully saturated rings. The Balaban J connectivity index is 2.12. The van der Waals surface area contributed by atoms with Gasteiger partial charge in [-0.3, -0.25) is 9.38 Å². The van der Waals surface area contributed by atoms with Crippen LogP contribution in [-0.2, 0) is 0 Å². The Bertz CT molecular complexity index is 872. The maximum atomic E-state index is 4.51. The molecule has 4 aromatic rings. The molecule has 0 spiro atoms. The van der Waals surface area contributed by atoms with Gasteiger partial charge in [0.1, 0.15) is 5.65 Å². The Morgan fingerprint density at radius 1 is 0.789 bits per heavy atom. The lowest BCUT2D eigenvalue weighted by Gasteiger charge is -2.08. The van der Waals surface area contributed by atoms with Crippen LogP contribution in [0.1, 0.15) is 0 Å². The molecule has 19 heavy (non-hydrogen) atoms. The van der Waals surface area contributed by atoms with E-state index in [9.17, 15) is 0 Å². The normalized spacial score (nSPS) is 11.2. The molecule has 0 unspecified atom stereocenters. The van der Waals surface area contributed by atoms with E-state index in [0.29, 0.717) is 0 Å². The third-order valence-electron chi connectivity index (χ3n) is 3.34. The predicted molar refractivity (Wildman–Crippen MR) is 75.9 cm³/mol. The van der Waals surface area contributed by atoms with Gasteiger partial charge in [0.25, 0.3) is 0 Å². The van der Waals surface area contributed by atoms with E-state index >= 15 is 0 Å². The Kier molecular flexibility index (Phi) is 2.12. The number of benzene rings is 1. The Morgan fingerprint density at radius 2 is 1.68 bits per heavy atom. The fraction of sp³-hybridized carbons (Fsp3) is 0. The van der Waals surface area contributed by atoms with Gasteiger partial charge in [0, 0.05) is 29.5 Å². The standard InChI is InChI=1S/C16H11N3/c1-4-12-5-3-9-18-16(12)13(6-1)14-7-2-8-15-17-10-11-19(14)15/h1-11H. The van der Waals surface area contributed by atoms with E-state index in [1.54, 1.807) is 0 Å². The van der Waals surface area contributed by atoms with E-state index in [0.717, 1.165) is 27.8 Å². The lowest BCUT2D eigenvalue weighted by atomic mass is 10.1. The maximum absolute atomic E-state index is 4.51. The van der Waals surface area contributed by atoms with E-state index in [-0.39, 0.29) is 0 Å². The second-order valence-electron chi connectivity index (χ2n) is 4.45. The summed E-state index contributed by atoms with van der Waals surface area (Å²) in [6, 6.07) is 16.4. The van der Waals surface area contributed by atoms with Crippen LogP contribution in [0.3, 0.4) is 0 Å². The summed E-state index contributed by atoms with van der Waals surface area (Å²) in [7, 11) is 0. The molecule has 3 heteroatoms. The second kappa shape index (κ2) is 3.92. The van der Waals surface area contributed by atoms with Crippen LogP contribution in [0.15, 0.2) is 67.1 Å². The van der Waals surface area contributed by atoms with Crippen LogP contribution < -0.4 is 0 Å². The lowest BCUT2D eigenvalue weighted by molar-refractivity contribution is 1.19. The Labute approximate surface area is 110 Å². The molecule has 1 aromatic carbocycles. The number of aromatic nitrogens is 3. The quantitative estimate of drug-likeness (QED) is 0.513. The summed E-state index contributed by atoms with van der Waals surface area (Å²) in [5, 5.41) is 1.15. The molecule has 0 saturated carbocycles. The first kappa shape index (κ1) is 10.3. The van der Waals surface area contributed by atoms with Gasteiger partial charge in [-0.25, -0.2) is 4.98 Å². The van der Waals surface area contributed by atoms with Crippen molar-refractivity contribution in [2.75, 3.05) is 0 Å². The van der Waals surface area contributed by atoms with Crippen molar-refractivity contribution >= 4 is 16.6 Å². The number of imidazole rings is 1. The SMILES string of the molecule is c1cnc2c(-c3cccc4nccn34)cccc2c1. The molecule has 0 aliphatic rings. The minimum Gasteiger partial charge on any atom is -0.300 e. The van der Waals surface area contributed by atoms with Crippen molar-refractivity contribution in [2.24, 2.45) is 0 Å². The average Bonchev–Trinajstić information content (AvgIpc) is 2.95. The summed E-state index contributed by atoms with van der Waals surface area (Å²) >= 11 is 0. The van der Waals surface area contributed by atoms with Gasteiger partial charge >= 0.3 is 0 Å². The summed E-state index contributed by atoms with van der Waals surface area (Å²) in [5.41, 5.74) is 4.21. The van der Waals surface area contributed by atoms with E-state index in [1.165, 1.54) is 0 Å². The van der Waals surface area contributed by atoms with Crippen molar-refractivity contribution in [1.29, 1.82) is 0 Å². The second-order valence-corrected chi connectivity index (χ2v) is 4.45. The molecule has 0 saturated heterocycles. The Hall–Kier alpha value is -2.68. The number of para-hydroxylation sites is 1. The summed E-state index contributed by atoms with van der Waals surface area (Å²) in [5.74, 6) is 0. The summed E-state index contributed by atoms with van der Waals surface area (Å²) in [6.07, 6.45) is 5.63. The molecular weight excluding hydrogens is 234 g/mol. The number of fused-ring (bicyclic) bond motifs is 2. The fourth-order valence-electron chi connectivity index (χ4n) is 2.48. The van der Waals surface area contributed by atoms with Gasteiger partial charge in [0.05, 0.1) is 11.2 Å². The molecular formula is C16H11N3. The predicted octanol–water partition coefficient (Wildman–Crippen LogP) is 3.55. The lowest BCUT2D eigenvalue weighted by Crippen LogP contribution is -1.92. The van der Waals surface area contributed by atoms with E-state index < -0.39 is 0 Å². The molecule has 0 atom stereocenters. The van der Waals surface area contributed by atoms with Crippen LogP contribution in [0.5, 0.6) is 0 Å². The first-order chi connectivity index (χ1) is 9.43.